The molecule has 1 aromatic carbocycles. The number of nitriles is 1. The van der Waals surface area contributed by atoms with Gasteiger partial charge in [-0.3, -0.25) is 0 Å². The highest BCUT2D eigenvalue weighted by Gasteiger charge is 2.25. The summed E-state index contributed by atoms with van der Waals surface area (Å²) < 4.78 is 26.0. The molecule has 0 radical (unpaired) electrons. The van der Waals surface area contributed by atoms with Crippen molar-refractivity contribution >= 4 is 51.5 Å². The van der Waals surface area contributed by atoms with Crippen LogP contribution in [0.1, 0.15) is 30.6 Å². The fourth-order valence-electron chi connectivity index (χ4n) is 4.09. The number of halogens is 3. The molecule has 35 heavy (non-hydrogen) atoms. The van der Waals surface area contributed by atoms with E-state index in [-0.39, 0.29) is 21.6 Å². The lowest BCUT2D eigenvalue weighted by Gasteiger charge is -2.31. The van der Waals surface area contributed by atoms with Crippen LogP contribution < -0.4 is 10.5 Å². The number of nitrogens with two attached hydrogens (primary N) is 1. The molecular formula is C24H23Cl2FN6O2. The molecule has 0 saturated carbocycles. The molecule has 3 heterocycles. The van der Waals surface area contributed by atoms with Gasteiger partial charge >= 0.3 is 0 Å². The van der Waals surface area contributed by atoms with E-state index in [1.807, 2.05) is 30.1 Å². The van der Waals surface area contributed by atoms with Crippen LogP contribution in [0.5, 0.6) is 5.75 Å². The van der Waals surface area contributed by atoms with Crippen molar-refractivity contribution in [1.82, 2.24) is 14.8 Å². The highest BCUT2D eigenvalue weighted by molar-refractivity contribution is 6.36. The van der Waals surface area contributed by atoms with E-state index in [0.29, 0.717) is 36.6 Å². The second kappa shape index (κ2) is 10.0. The van der Waals surface area contributed by atoms with Gasteiger partial charge in [-0.2, -0.15) is 5.26 Å². The normalized spacial score (nSPS) is 15.1. The molecular weight excluding hydrogens is 494 g/mol. The summed E-state index contributed by atoms with van der Waals surface area (Å²) in [5.74, 6) is 0.364. The van der Waals surface area contributed by atoms with Gasteiger partial charge in [0.05, 0.1) is 16.7 Å². The minimum Gasteiger partial charge on any atom is -0.478 e. The van der Waals surface area contributed by atoms with Crippen molar-refractivity contribution in [1.29, 1.82) is 5.26 Å². The van der Waals surface area contributed by atoms with Crippen LogP contribution in [0, 0.1) is 17.3 Å². The number of nitrogens with zero attached hydrogens (tertiary/aromatic N) is 5. The Morgan fingerprint density at radius 2 is 2.17 bits per heavy atom. The number of pyridine rings is 1. The van der Waals surface area contributed by atoms with Crippen LogP contribution in [0.2, 0.25) is 10.0 Å². The molecule has 4 rings (SSSR count). The molecule has 0 saturated heterocycles. The highest BCUT2D eigenvalue weighted by Crippen LogP contribution is 2.41. The Balaban J connectivity index is 1.65. The van der Waals surface area contributed by atoms with Crippen molar-refractivity contribution in [2.24, 2.45) is 4.99 Å². The SMILES string of the molecule is CC(Oc1c(N)ncc2c(C3=CCN(C(=NC#N)N(C)C)CC3)coc12)c1c(Cl)ccc(F)c1Cl. The summed E-state index contributed by atoms with van der Waals surface area (Å²) in [6.45, 7) is 2.95. The first-order chi connectivity index (χ1) is 16.7. The molecule has 0 amide bonds. The summed E-state index contributed by atoms with van der Waals surface area (Å²) >= 11 is 12.4. The number of anilines is 1. The molecule has 0 spiro atoms. The monoisotopic (exact) mass is 516 g/mol. The number of aromatic nitrogens is 1. The predicted octanol–water partition coefficient (Wildman–Crippen LogP) is 5.48. The maximum atomic E-state index is 14.0. The second-order valence-corrected chi connectivity index (χ2v) is 9.00. The van der Waals surface area contributed by atoms with E-state index >= 15 is 0 Å². The summed E-state index contributed by atoms with van der Waals surface area (Å²) in [6, 6.07) is 2.62. The van der Waals surface area contributed by atoms with Crippen LogP contribution in [0.4, 0.5) is 10.2 Å². The van der Waals surface area contributed by atoms with Crippen molar-refractivity contribution in [3.8, 4) is 11.9 Å². The van der Waals surface area contributed by atoms with Crippen molar-refractivity contribution < 1.29 is 13.5 Å². The number of fused-ring (bicyclic) bond motifs is 1. The van der Waals surface area contributed by atoms with E-state index in [1.54, 1.807) is 19.4 Å². The quantitative estimate of drug-likeness (QED) is 0.211. The first-order valence-corrected chi connectivity index (χ1v) is 11.5. The number of hydrogen-bond donors (Lipinski definition) is 1. The van der Waals surface area contributed by atoms with E-state index in [9.17, 15) is 4.39 Å². The molecule has 2 N–H and O–H groups in total. The molecule has 0 fully saturated rings. The molecule has 1 aliphatic rings. The number of hydrogen-bond acceptors (Lipinski definition) is 6. The van der Waals surface area contributed by atoms with Gasteiger partial charge < -0.3 is 24.7 Å². The Morgan fingerprint density at radius 3 is 2.83 bits per heavy atom. The maximum Gasteiger partial charge on any atom is 0.212 e. The predicted molar refractivity (Wildman–Crippen MR) is 135 cm³/mol. The Bertz CT molecular complexity index is 1380. The van der Waals surface area contributed by atoms with Gasteiger partial charge in [0.25, 0.3) is 0 Å². The van der Waals surface area contributed by atoms with E-state index in [2.05, 4.69) is 16.1 Å². The van der Waals surface area contributed by atoms with Crippen LogP contribution in [-0.2, 0) is 0 Å². The lowest BCUT2D eigenvalue weighted by Crippen LogP contribution is -2.42. The van der Waals surface area contributed by atoms with Crippen molar-refractivity contribution in [2.45, 2.75) is 19.4 Å². The van der Waals surface area contributed by atoms with Crippen LogP contribution in [0.25, 0.3) is 16.5 Å². The first kappa shape index (κ1) is 24.6. The fourth-order valence-corrected chi connectivity index (χ4v) is 4.77. The van der Waals surface area contributed by atoms with Crippen molar-refractivity contribution in [3.63, 3.8) is 0 Å². The van der Waals surface area contributed by atoms with Gasteiger partial charge in [0.15, 0.2) is 11.4 Å². The first-order valence-electron chi connectivity index (χ1n) is 10.8. The van der Waals surface area contributed by atoms with Gasteiger partial charge in [0.2, 0.25) is 17.9 Å². The zero-order valence-corrected chi connectivity index (χ0v) is 20.9. The lowest BCUT2D eigenvalue weighted by molar-refractivity contribution is 0.227. The van der Waals surface area contributed by atoms with Gasteiger partial charge in [-0.25, -0.2) is 9.37 Å². The van der Waals surface area contributed by atoms with E-state index in [0.717, 1.165) is 16.5 Å². The topological polar surface area (TPSA) is 104 Å². The minimum atomic E-state index is -0.722. The van der Waals surface area contributed by atoms with Crippen LogP contribution in [0.15, 0.2) is 40.1 Å². The number of rotatable bonds is 4. The van der Waals surface area contributed by atoms with Gasteiger partial charge in [-0.1, -0.05) is 29.3 Å². The van der Waals surface area contributed by atoms with Gasteiger partial charge in [0, 0.05) is 49.5 Å². The second-order valence-electron chi connectivity index (χ2n) is 8.21. The Morgan fingerprint density at radius 1 is 1.40 bits per heavy atom. The highest BCUT2D eigenvalue weighted by atomic mass is 35.5. The van der Waals surface area contributed by atoms with Crippen molar-refractivity contribution in [3.05, 3.63) is 57.7 Å². The van der Waals surface area contributed by atoms with Gasteiger partial charge in [-0.15, -0.1) is 4.99 Å². The van der Waals surface area contributed by atoms with Crippen molar-refractivity contribution in [2.75, 3.05) is 32.9 Å². The summed E-state index contributed by atoms with van der Waals surface area (Å²) in [5.41, 5.74) is 8.78. The summed E-state index contributed by atoms with van der Waals surface area (Å²) in [6.07, 6.45) is 7.19. The molecule has 182 valence electrons. The van der Waals surface area contributed by atoms with Gasteiger partial charge in [0.1, 0.15) is 11.9 Å². The Kier molecular flexibility index (Phi) is 7.05. The number of guanidine groups is 1. The number of ether oxygens (including phenoxy) is 1. The molecule has 1 aliphatic heterocycles. The number of furan rings is 1. The molecule has 2 aromatic heterocycles. The summed E-state index contributed by atoms with van der Waals surface area (Å²) in [7, 11) is 3.70. The average Bonchev–Trinajstić information content (AvgIpc) is 3.26. The zero-order chi connectivity index (χ0) is 25.3. The summed E-state index contributed by atoms with van der Waals surface area (Å²) in [5, 5.41) is 9.88. The minimum absolute atomic E-state index is 0.113. The summed E-state index contributed by atoms with van der Waals surface area (Å²) in [4.78, 5) is 12.0. The third-order valence-electron chi connectivity index (χ3n) is 5.77. The molecule has 3 aromatic rings. The molecule has 0 aliphatic carbocycles. The third kappa shape index (κ3) is 4.72. The molecule has 1 unspecified atom stereocenters. The van der Waals surface area contributed by atoms with E-state index in [4.69, 9.17) is 43.4 Å². The zero-order valence-electron chi connectivity index (χ0n) is 19.3. The van der Waals surface area contributed by atoms with Crippen LogP contribution in [0.3, 0.4) is 0 Å². The molecule has 1 atom stereocenters. The largest absolute Gasteiger partial charge is 0.478 e. The number of aliphatic imine (C=N–C) groups is 1. The molecule has 8 nitrogen and oxygen atoms in total. The van der Waals surface area contributed by atoms with Gasteiger partial charge in [-0.05, 0) is 31.1 Å². The lowest BCUT2D eigenvalue weighted by atomic mass is 9.99. The maximum absolute atomic E-state index is 14.0. The molecule has 0 bridgehead atoms. The van der Waals surface area contributed by atoms with E-state index < -0.39 is 11.9 Å². The number of benzene rings is 1. The molecule has 11 heteroatoms. The Labute approximate surface area is 212 Å². The third-order valence-corrected chi connectivity index (χ3v) is 6.48. The van der Waals surface area contributed by atoms with Crippen LogP contribution in [-0.4, -0.2) is 47.9 Å². The number of nitrogen functional groups attached to an aromatic ring is 1. The Hall–Kier alpha value is -3.48. The van der Waals surface area contributed by atoms with Crippen LogP contribution >= 0.6 is 23.2 Å². The standard InChI is InChI=1S/C24H23Cl2FN6O2/c1-13(19-17(25)4-5-18(27)20(19)26)35-22-21-15(10-30-23(22)29)16(11-34-21)14-6-8-33(9-7-14)24(31-12-28)32(2)3/h4-6,10-11,13H,7-9H2,1-3H3,(H2,29,30). The smallest absolute Gasteiger partial charge is 0.212 e. The fraction of sp³-hybridized carbons (Fsp3) is 0.292. The van der Waals surface area contributed by atoms with E-state index in [1.165, 1.54) is 12.1 Å². The average molecular weight is 517 g/mol.